The van der Waals surface area contributed by atoms with Gasteiger partial charge >= 0.3 is 0 Å². The van der Waals surface area contributed by atoms with Crippen molar-refractivity contribution in [3.63, 3.8) is 0 Å². The second-order valence-corrected chi connectivity index (χ2v) is 6.31. The first kappa shape index (κ1) is 14.3. The smallest absolute Gasteiger partial charge is 0.0541 e. The minimum atomic E-state index is -0.0399. The van der Waals surface area contributed by atoms with Gasteiger partial charge in [0.25, 0.3) is 0 Å². The Kier molecular flexibility index (Phi) is 5.93. The predicted molar refractivity (Wildman–Crippen MR) is 75.7 cm³/mol. The average Bonchev–Trinajstić information content (AvgIpc) is 2.61. The van der Waals surface area contributed by atoms with Gasteiger partial charge in [0, 0.05) is 18.1 Å². The molecule has 1 saturated carbocycles. The van der Waals surface area contributed by atoms with Gasteiger partial charge in [-0.1, -0.05) is 12.8 Å². The molecule has 2 unspecified atom stereocenters. The maximum Gasteiger partial charge on any atom is 0.0541 e. The number of nitrogens with one attached hydrogen (secondary N) is 2. The minimum absolute atomic E-state index is 0.0399. The number of hydrogen-bond donors (Lipinski definition) is 3. The van der Waals surface area contributed by atoms with E-state index in [-0.39, 0.29) is 6.10 Å². The van der Waals surface area contributed by atoms with Crippen LogP contribution in [0.15, 0.2) is 0 Å². The number of aliphatic hydroxyl groups excluding tert-OH is 1. The summed E-state index contributed by atoms with van der Waals surface area (Å²) in [5.74, 6) is 0. The van der Waals surface area contributed by atoms with Gasteiger partial charge in [0.15, 0.2) is 0 Å². The lowest BCUT2D eigenvalue weighted by Gasteiger charge is -2.30. The summed E-state index contributed by atoms with van der Waals surface area (Å²) in [6.07, 6.45) is 10.9. The van der Waals surface area contributed by atoms with Crippen molar-refractivity contribution in [1.82, 2.24) is 10.6 Å². The summed E-state index contributed by atoms with van der Waals surface area (Å²) in [7, 11) is 0. The highest BCUT2D eigenvalue weighted by molar-refractivity contribution is 4.82. The second-order valence-electron chi connectivity index (χ2n) is 6.31. The van der Waals surface area contributed by atoms with Crippen LogP contribution in [0.5, 0.6) is 0 Å². The van der Waals surface area contributed by atoms with E-state index in [2.05, 4.69) is 17.6 Å². The van der Waals surface area contributed by atoms with E-state index in [1.807, 2.05) is 0 Å². The van der Waals surface area contributed by atoms with E-state index in [9.17, 15) is 5.11 Å². The standard InChI is InChI=1S/C15H30N2O/c1-12(11-14-5-3-2-4-10-16-14)17-13-6-8-15(18)9-7-13/h12-18H,2-11H2,1H3. The second kappa shape index (κ2) is 7.46. The third-order valence-corrected chi connectivity index (χ3v) is 4.52. The van der Waals surface area contributed by atoms with Crippen molar-refractivity contribution in [2.75, 3.05) is 6.54 Å². The molecule has 0 amide bonds. The van der Waals surface area contributed by atoms with Crippen LogP contribution >= 0.6 is 0 Å². The first-order valence-corrected chi connectivity index (χ1v) is 7.91. The molecule has 2 aliphatic rings. The van der Waals surface area contributed by atoms with Crippen LogP contribution < -0.4 is 10.6 Å². The summed E-state index contributed by atoms with van der Waals surface area (Å²) in [5.41, 5.74) is 0. The number of hydrogen-bond acceptors (Lipinski definition) is 3. The first-order chi connectivity index (χ1) is 8.74. The van der Waals surface area contributed by atoms with Gasteiger partial charge in [-0.25, -0.2) is 0 Å². The predicted octanol–water partition coefficient (Wildman–Crippen LogP) is 2.19. The van der Waals surface area contributed by atoms with Crippen molar-refractivity contribution in [1.29, 1.82) is 0 Å². The van der Waals surface area contributed by atoms with Gasteiger partial charge in [0.1, 0.15) is 0 Å². The Morgan fingerprint density at radius 1 is 1.11 bits per heavy atom. The molecule has 0 bridgehead atoms. The molecule has 106 valence electrons. The first-order valence-electron chi connectivity index (χ1n) is 7.91. The van der Waals surface area contributed by atoms with Crippen LogP contribution in [0.1, 0.15) is 64.7 Å². The summed E-state index contributed by atoms with van der Waals surface area (Å²) in [6, 6.07) is 1.94. The largest absolute Gasteiger partial charge is 0.393 e. The highest BCUT2D eigenvalue weighted by Crippen LogP contribution is 2.20. The van der Waals surface area contributed by atoms with Crippen LogP contribution in [0.4, 0.5) is 0 Å². The molecule has 1 saturated heterocycles. The molecule has 0 spiro atoms. The van der Waals surface area contributed by atoms with E-state index < -0.39 is 0 Å². The summed E-state index contributed by atoms with van der Waals surface area (Å²) in [4.78, 5) is 0. The normalized spacial score (nSPS) is 36.0. The fourth-order valence-electron chi connectivity index (χ4n) is 3.44. The maximum atomic E-state index is 9.52. The molecule has 18 heavy (non-hydrogen) atoms. The van der Waals surface area contributed by atoms with Gasteiger partial charge < -0.3 is 15.7 Å². The van der Waals surface area contributed by atoms with Gasteiger partial charge in [0.05, 0.1) is 6.10 Å². The molecule has 2 atom stereocenters. The van der Waals surface area contributed by atoms with Gasteiger partial charge in [0.2, 0.25) is 0 Å². The Morgan fingerprint density at radius 2 is 1.89 bits per heavy atom. The van der Waals surface area contributed by atoms with Crippen molar-refractivity contribution >= 4 is 0 Å². The topological polar surface area (TPSA) is 44.3 Å². The summed E-state index contributed by atoms with van der Waals surface area (Å²) in [5, 5.41) is 16.9. The van der Waals surface area contributed by atoms with Crippen LogP contribution in [-0.2, 0) is 0 Å². The Bertz CT molecular complexity index is 219. The zero-order valence-electron chi connectivity index (χ0n) is 11.8. The molecule has 0 aromatic carbocycles. The fraction of sp³-hybridized carbons (Fsp3) is 1.00. The van der Waals surface area contributed by atoms with E-state index in [0.717, 1.165) is 25.7 Å². The Hall–Kier alpha value is -0.120. The molecule has 1 aliphatic heterocycles. The Balaban J connectivity index is 1.66. The highest BCUT2D eigenvalue weighted by Gasteiger charge is 2.22. The quantitative estimate of drug-likeness (QED) is 0.720. The molecule has 1 heterocycles. The lowest BCUT2D eigenvalue weighted by molar-refractivity contribution is 0.114. The van der Waals surface area contributed by atoms with Gasteiger partial charge in [-0.2, -0.15) is 0 Å². The van der Waals surface area contributed by atoms with Crippen molar-refractivity contribution < 1.29 is 5.11 Å². The maximum absolute atomic E-state index is 9.52. The van der Waals surface area contributed by atoms with E-state index >= 15 is 0 Å². The van der Waals surface area contributed by atoms with Crippen LogP contribution in [0.2, 0.25) is 0 Å². The van der Waals surface area contributed by atoms with Gasteiger partial charge in [-0.15, -0.1) is 0 Å². The molecule has 3 N–H and O–H groups in total. The lowest BCUT2D eigenvalue weighted by atomic mass is 9.92. The molecule has 3 heteroatoms. The van der Waals surface area contributed by atoms with E-state index in [4.69, 9.17) is 0 Å². The highest BCUT2D eigenvalue weighted by atomic mass is 16.3. The van der Waals surface area contributed by atoms with Crippen molar-refractivity contribution in [2.24, 2.45) is 0 Å². The third-order valence-electron chi connectivity index (χ3n) is 4.52. The van der Waals surface area contributed by atoms with Crippen molar-refractivity contribution in [2.45, 2.75) is 88.9 Å². The molecular formula is C15H30N2O. The minimum Gasteiger partial charge on any atom is -0.393 e. The summed E-state index contributed by atoms with van der Waals surface area (Å²) in [6.45, 7) is 3.52. The van der Waals surface area contributed by atoms with Crippen LogP contribution in [0, 0.1) is 0 Å². The molecule has 2 fully saturated rings. The average molecular weight is 254 g/mol. The molecule has 0 radical (unpaired) electrons. The SMILES string of the molecule is CC(CC1CCCCCN1)NC1CCC(O)CC1. The Labute approximate surface area is 112 Å². The zero-order valence-corrected chi connectivity index (χ0v) is 11.8. The zero-order chi connectivity index (χ0) is 12.8. The fourth-order valence-corrected chi connectivity index (χ4v) is 3.44. The summed E-state index contributed by atoms with van der Waals surface area (Å²) < 4.78 is 0. The Morgan fingerprint density at radius 3 is 2.67 bits per heavy atom. The molecule has 3 nitrogen and oxygen atoms in total. The van der Waals surface area contributed by atoms with Gasteiger partial charge in [-0.05, 0) is 58.4 Å². The molecule has 0 aromatic rings. The molecule has 2 rings (SSSR count). The van der Waals surface area contributed by atoms with Crippen LogP contribution in [0.3, 0.4) is 0 Å². The monoisotopic (exact) mass is 254 g/mol. The number of aliphatic hydroxyl groups is 1. The van der Waals surface area contributed by atoms with Crippen molar-refractivity contribution in [3.05, 3.63) is 0 Å². The van der Waals surface area contributed by atoms with E-state index in [1.165, 1.54) is 38.6 Å². The number of rotatable bonds is 4. The third kappa shape index (κ3) is 4.87. The van der Waals surface area contributed by atoms with Crippen LogP contribution in [-0.4, -0.2) is 35.9 Å². The molecular weight excluding hydrogens is 224 g/mol. The van der Waals surface area contributed by atoms with Gasteiger partial charge in [-0.3, -0.25) is 0 Å². The van der Waals surface area contributed by atoms with Crippen LogP contribution in [0.25, 0.3) is 0 Å². The lowest BCUT2D eigenvalue weighted by Crippen LogP contribution is -2.43. The summed E-state index contributed by atoms with van der Waals surface area (Å²) >= 11 is 0. The molecule has 1 aliphatic carbocycles. The van der Waals surface area contributed by atoms with E-state index in [0.29, 0.717) is 18.1 Å². The van der Waals surface area contributed by atoms with E-state index in [1.54, 1.807) is 0 Å². The van der Waals surface area contributed by atoms with Crippen molar-refractivity contribution in [3.8, 4) is 0 Å². The molecule has 0 aromatic heterocycles.